The van der Waals surface area contributed by atoms with Gasteiger partial charge in [0, 0.05) is 10.0 Å². The molecular weight excluding hydrogens is 330 g/mol. The van der Waals surface area contributed by atoms with Crippen LogP contribution in [-0.2, 0) is 12.8 Å². The maximum absolute atomic E-state index is 10.1. The summed E-state index contributed by atoms with van der Waals surface area (Å²) in [6.07, 6.45) is 4.66. The topological polar surface area (TPSA) is 42.4 Å². The normalized spacial score (nSPS) is 25.4. The van der Waals surface area contributed by atoms with E-state index in [1.807, 2.05) is 0 Å². The molecule has 1 aromatic heterocycles. The summed E-state index contributed by atoms with van der Waals surface area (Å²) in [5.41, 5.74) is 3.19. The minimum Gasteiger partial charge on any atom is -0.474 e. The zero-order valence-electron chi connectivity index (χ0n) is 13.0. The fourth-order valence-electron chi connectivity index (χ4n) is 3.25. The van der Waals surface area contributed by atoms with Crippen molar-refractivity contribution in [3.8, 4) is 5.88 Å². The van der Waals surface area contributed by atoms with Gasteiger partial charge in [0.15, 0.2) is 0 Å². The number of hydrogen-bond donors (Lipinski definition) is 1. The van der Waals surface area contributed by atoms with Crippen LogP contribution in [0.1, 0.15) is 63.0 Å². The van der Waals surface area contributed by atoms with E-state index in [2.05, 4.69) is 41.7 Å². The van der Waals surface area contributed by atoms with Crippen LogP contribution in [-0.4, -0.2) is 16.2 Å². The molecule has 3 nitrogen and oxygen atoms in total. The van der Waals surface area contributed by atoms with Gasteiger partial charge in [-0.3, -0.25) is 0 Å². The summed E-state index contributed by atoms with van der Waals surface area (Å²) in [6.45, 7) is 6.82. The van der Waals surface area contributed by atoms with Crippen LogP contribution in [0.5, 0.6) is 5.88 Å². The summed E-state index contributed by atoms with van der Waals surface area (Å²) in [4.78, 5) is 4.64. The van der Waals surface area contributed by atoms with Gasteiger partial charge in [0.25, 0.3) is 0 Å². The van der Waals surface area contributed by atoms with Gasteiger partial charge >= 0.3 is 0 Å². The van der Waals surface area contributed by atoms with Crippen molar-refractivity contribution in [2.24, 2.45) is 11.8 Å². The SMILES string of the molecule is CC(C)C(C)CC1CCc2c(nc3c(c2Br)CCC3O)O1. The van der Waals surface area contributed by atoms with Crippen LogP contribution < -0.4 is 4.74 Å². The Hall–Kier alpha value is -0.610. The van der Waals surface area contributed by atoms with Crippen molar-refractivity contribution in [3.05, 3.63) is 21.3 Å². The third-order valence-electron chi connectivity index (χ3n) is 5.07. The lowest BCUT2D eigenvalue weighted by Crippen LogP contribution is -2.27. The molecule has 3 atom stereocenters. The first-order valence-corrected chi connectivity index (χ1v) is 8.82. The number of fused-ring (bicyclic) bond motifs is 2. The summed E-state index contributed by atoms with van der Waals surface area (Å²) < 4.78 is 7.27. The molecule has 1 N–H and O–H groups in total. The van der Waals surface area contributed by atoms with Crippen molar-refractivity contribution in [2.75, 3.05) is 0 Å². The third-order valence-corrected chi connectivity index (χ3v) is 6.03. The van der Waals surface area contributed by atoms with Crippen molar-refractivity contribution in [2.45, 2.75) is 65.1 Å². The standard InChI is InChI=1S/C17H24BrNO2/c1-9(2)10(3)8-11-4-5-13-15(18)12-6-7-14(20)16(12)19-17(13)21-11/h9-11,14,20H,4-8H2,1-3H3. The van der Waals surface area contributed by atoms with Crippen LogP contribution in [0, 0.1) is 11.8 Å². The number of aromatic nitrogens is 1. The van der Waals surface area contributed by atoms with Crippen LogP contribution in [0.4, 0.5) is 0 Å². The van der Waals surface area contributed by atoms with Crippen molar-refractivity contribution >= 4 is 15.9 Å². The van der Waals surface area contributed by atoms with Crippen molar-refractivity contribution < 1.29 is 9.84 Å². The lowest BCUT2D eigenvalue weighted by molar-refractivity contribution is 0.125. The molecule has 116 valence electrons. The fraction of sp³-hybridized carbons (Fsp3) is 0.706. The van der Waals surface area contributed by atoms with Crippen LogP contribution in [0.3, 0.4) is 0 Å². The Morgan fingerprint density at radius 2 is 1.95 bits per heavy atom. The second-order valence-corrected chi connectivity index (χ2v) is 7.66. The molecule has 0 radical (unpaired) electrons. The first-order chi connectivity index (χ1) is 9.97. The molecule has 21 heavy (non-hydrogen) atoms. The number of nitrogens with zero attached hydrogens (tertiary/aromatic N) is 1. The van der Waals surface area contributed by atoms with Crippen LogP contribution >= 0.6 is 15.9 Å². The van der Waals surface area contributed by atoms with Gasteiger partial charge in [0.2, 0.25) is 5.88 Å². The average molecular weight is 354 g/mol. The predicted molar refractivity (Wildman–Crippen MR) is 86.6 cm³/mol. The van der Waals surface area contributed by atoms with E-state index in [1.54, 1.807) is 0 Å². The average Bonchev–Trinajstić information content (AvgIpc) is 2.80. The summed E-state index contributed by atoms with van der Waals surface area (Å²) >= 11 is 3.71. The molecular formula is C17H24BrNO2. The molecule has 2 heterocycles. The Balaban J connectivity index is 1.83. The minimum atomic E-state index is -0.430. The number of rotatable bonds is 3. The van der Waals surface area contributed by atoms with Crippen LogP contribution in [0.2, 0.25) is 0 Å². The van der Waals surface area contributed by atoms with Gasteiger partial charge in [0.1, 0.15) is 6.10 Å². The Morgan fingerprint density at radius 3 is 2.67 bits per heavy atom. The molecule has 0 fully saturated rings. The molecule has 0 saturated carbocycles. The quantitative estimate of drug-likeness (QED) is 0.885. The van der Waals surface area contributed by atoms with E-state index in [0.717, 1.165) is 48.2 Å². The van der Waals surface area contributed by atoms with E-state index in [9.17, 15) is 5.11 Å². The predicted octanol–water partition coefficient (Wildman–Crippen LogP) is 4.20. The number of pyridine rings is 1. The van der Waals surface area contributed by atoms with E-state index in [1.165, 1.54) is 11.1 Å². The number of halogens is 1. The van der Waals surface area contributed by atoms with E-state index in [4.69, 9.17) is 4.74 Å². The van der Waals surface area contributed by atoms with Gasteiger partial charge in [-0.25, -0.2) is 4.98 Å². The maximum Gasteiger partial charge on any atom is 0.218 e. The summed E-state index contributed by atoms with van der Waals surface area (Å²) in [6, 6.07) is 0. The largest absolute Gasteiger partial charge is 0.474 e. The van der Waals surface area contributed by atoms with Gasteiger partial charge in [-0.05, 0) is 65.4 Å². The molecule has 1 aliphatic heterocycles. The summed E-state index contributed by atoms with van der Waals surface area (Å²) in [7, 11) is 0. The van der Waals surface area contributed by atoms with Gasteiger partial charge in [-0.15, -0.1) is 0 Å². The molecule has 0 amide bonds. The van der Waals surface area contributed by atoms with Crippen LogP contribution in [0.15, 0.2) is 4.47 Å². The number of ether oxygens (including phenoxy) is 1. The zero-order chi connectivity index (χ0) is 15.1. The molecule has 4 heteroatoms. The molecule has 1 aliphatic carbocycles. The minimum absolute atomic E-state index is 0.255. The van der Waals surface area contributed by atoms with Gasteiger partial charge < -0.3 is 9.84 Å². The van der Waals surface area contributed by atoms with Crippen molar-refractivity contribution in [1.82, 2.24) is 4.98 Å². The molecule has 1 aromatic rings. The lowest BCUT2D eigenvalue weighted by Gasteiger charge is -2.29. The van der Waals surface area contributed by atoms with Gasteiger partial charge in [-0.2, -0.15) is 0 Å². The third kappa shape index (κ3) is 2.85. The Kier molecular flexibility index (Phi) is 4.28. The highest BCUT2D eigenvalue weighted by atomic mass is 79.9. The smallest absolute Gasteiger partial charge is 0.218 e. The number of hydrogen-bond acceptors (Lipinski definition) is 3. The van der Waals surface area contributed by atoms with Crippen molar-refractivity contribution in [1.29, 1.82) is 0 Å². The second-order valence-electron chi connectivity index (χ2n) is 6.86. The molecule has 3 rings (SSSR count). The van der Waals surface area contributed by atoms with Gasteiger partial charge in [-0.1, -0.05) is 20.8 Å². The van der Waals surface area contributed by atoms with E-state index < -0.39 is 6.10 Å². The van der Waals surface area contributed by atoms with E-state index in [0.29, 0.717) is 11.8 Å². The summed E-state index contributed by atoms with van der Waals surface area (Å²) in [5, 5.41) is 10.1. The van der Waals surface area contributed by atoms with Crippen LogP contribution in [0.25, 0.3) is 0 Å². The summed E-state index contributed by atoms with van der Waals surface area (Å²) in [5.74, 6) is 2.07. The second kappa shape index (κ2) is 5.88. The molecule has 3 unspecified atom stereocenters. The van der Waals surface area contributed by atoms with Crippen molar-refractivity contribution in [3.63, 3.8) is 0 Å². The number of aliphatic hydroxyl groups excluding tert-OH is 1. The monoisotopic (exact) mass is 353 g/mol. The highest BCUT2D eigenvalue weighted by Gasteiger charge is 2.32. The molecule has 0 saturated heterocycles. The maximum atomic E-state index is 10.1. The first-order valence-electron chi connectivity index (χ1n) is 8.03. The van der Waals surface area contributed by atoms with E-state index >= 15 is 0 Å². The molecule has 2 aliphatic rings. The lowest BCUT2D eigenvalue weighted by atomic mass is 9.89. The Morgan fingerprint density at radius 1 is 1.24 bits per heavy atom. The zero-order valence-corrected chi connectivity index (χ0v) is 14.6. The Labute approximate surface area is 135 Å². The highest BCUT2D eigenvalue weighted by molar-refractivity contribution is 9.10. The van der Waals surface area contributed by atoms with Gasteiger partial charge in [0.05, 0.1) is 11.8 Å². The fourth-order valence-corrected chi connectivity index (χ4v) is 4.02. The molecule has 0 bridgehead atoms. The Bertz CT molecular complexity index is 544. The first kappa shape index (κ1) is 15.3. The molecule has 0 aromatic carbocycles. The number of aliphatic hydroxyl groups is 1. The molecule has 0 spiro atoms. The highest BCUT2D eigenvalue weighted by Crippen LogP contribution is 2.42. The van der Waals surface area contributed by atoms with E-state index in [-0.39, 0.29) is 6.10 Å².